The molecule has 0 fully saturated rings. The molecule has 4 N–H and O–H groups in total. The van der Waals surface area contributed by atoms with Crippen LogP contribution in [0.5, 0.6) is 0 Å². The van der Waals surface area contributed by atoms with Gasteiger partial charge in [-0.1, -0.05) is 0 Å². The van der Waals surface area contributed by atoms with Gasteiger partial charge in [0.2, 0.25) is 5.91 Å². The van der Waals surface area contributed by atoms with E-state index in [1.54, 1.807) is 0 Å². The molecule has 94 valence electrons. The molecule has 0 bridgehead atoms. The van der Waals surface area contributed by atoms with E-state index in [1.807, 2.05) is 0 Å². The van der Waals surface area contributed by atoms with Gasteiger partial charge in [0.15, 0.2) is 0 Å². The van der Waals surface area contributed by atoms with Crippen molar-refractivity contribution in [2.45, 2.75) is 18.5 Å². The van der Waals surface area contributed by atoms with Gasteiger partial charge in [-0.2, -0.15) is 12.6 Å². The van der Waals surface area contributed by atoms with Crippen molar-refractivity contribution in [2.75, 3.05) is 17.8 Å². The van der Waals surface area contributed by atoms with Crippen LogP contribution in [-0.4, -0.2) is 51.0 Å². The Balaban J connectivity index is 4.13. The molecule has 3 atom stereocenters. The molecule has 0 aliphatic rings. The van der Waals surface area contributed by atoms with Crippen LogP contribution in [0.15, 0.2) is 0 Å². The number of carbonyl (C=O) groups excluding carboxylic acids is 1. The monoisotopic (exact) mass is 268 g/mol. The van der Waals surface area contributed by atoms with Crippen LogP contribution in [0.1, 0.15) is 6.42 Å². The third-order valence-corrected chi connectivity index (χ3v) is 3.03. The fourth-order valence-electron chi connectivity index (χ4n) is 0.888. The lowest BCUT2D eigenvalue weighted by Crippen LogP contribution is -2.49. The molecule has 0 aromatic rings. The number of rotatable bonds is 7. The van der Waals surface area contributed by atoms with Crippen molar-refractivity contribution >= 4 is 35.3 Å². The zero-order chi connectivity index (χ0) is 12.7. The summed E-state index contributed by atoms with van der Waals surface area (Å²) in [7, 11) is -1.02. The van der Waals surface area contributed by atoms with E-state index in [-0.39, 0.29) is 12.2 Å². The normalized spacial score (nSPS) is 16.2. The number of amides is 1. The minimum atomic E-state index is -1.16. The first-order valence-electron chi connectivity index (χ1n) is 4.58. The van der Waals surface area contributed by atoms with Crippen LogP contribution in [0.3, 0.4) is 0 Å². The Kier molecular flexibility index (Phi) is 7.35. The Labute approximate surface area is 102 Å². The summed E-state index contributed by atoms with van der Waals surface area (Å²) in [6.45, 7) is 0. The van der Waals surface area contributed by atoms with Crippen LogP contribution in [0.4, 0.5) is 0 Å². The second-order valence-corrected chi connectivity index (χ2v) is 5.17. The van der Waals surface area contributed by atoms with E-state index in [4.69, 9.17) is 10.8 Å². The van der Waals surface area contributed by atoms with Gasteiger partial charge in [0, 0.05) is 28.6 Å². The molecule has 0 aromatic heterocycles. The number of nitrogens with two attached hydrogens (primary N) is 1. The first-order valence-corrected chi connectivity index (χ1v) is 6.94. The van der Waals surface area contributed by atoms with E-state index in [1.165, 1.54) is 6.26 Å². The second-order valence-electron chi connectivity index (χ2n) is 3.25. The van der Waals surface area contributed by atoms with Crippen LogP contribution in [-0.2, 0) is 20.4 Å². The molecule has 0 aliphatic carbocycles. The quantitative estimate of drug-likeness (QED) is 0.424. The fourth-order valence-corrected chi connectivity index (χ4v) is 1.72. The average molecular weight is 268 g/mol. The maximum Gasteiger partial charge on any atom is 0.327 e. The molecule has 0 radical (unpaired) electrons. The lowest BCUT2D eigenvalue weighted by atomic mass is 10.2. The summed E-state index contributed by atoms with van der Waals surface area (Å²) < 4.78 is 10.8. The van der Waals surface area contributed by atoms with Crippen molar-refractivity contribution in [3.63, 3.8) is 0 Å². The predicted octanol–water partition coefficient (Wildman–Crippen LogP) is -1.42. The zero-order valence-electron chi connectivity index (χ0n) is 8.88. The van der Waals surface area contributed by atoms with Crippen molar-refractivity contribution < 1.29 is 18.9 Å². The molecular weight excluding hydrogens is 252 g/mol. The summed E-state index contributed by atoms with van der Waals surface area (Å²) in [5.41, 5.74) is 5.50. The predicted molar refractivity (Wildman–Crippen MR) is 64.9 cm³/mol. The van der Waals surface area contributed by atoms with E-state index in [2.05, 4.69) is 17.9 Å². The summed E-state index contributed by atoms with van der Waals surface area (Å²) in [5, 5.41) is 10.9. The van der Waals surface area contributed by atoms with Gasteiger partial charge in [-0.25, -0.2) is 4.79 Å². The maximum atomic E-state index is 11.4. The van der Waals surface area contributed by atoms with Gasteiger partial charge in [-0.3, -0.25) is 9.00 Å². The molecule has 0 aliphatic heterocycles. The Hall–Kier alpha value is -0.600. The van der Waals surface area contributed by atoms with Crippen LogP contribution in [0.2, 0.25) is 0 Å². The first kappa shape index (κ1) is 15.4. The number of carbonyl (C=O) groups is 2. The Morgan fingerprint density at radius 3 is 2.50 bits per heavy atom. The van der Waals surface area contributed by atoms with Gasteiger partial charge in [-0.15, -0.1) is 0 Å². The second kappa shape index (κ2) is 7.64. The summed E-state index contributed by atoms with van der Waals surface area (Å²) in [5.74, 6) is -1.41. The largest absolute Gasteiger partial charge is 0.480 e. The van der Waals surface area contributed by atoms with Gasteiger partial charge < -0.3 is 16.2 Å². The lowest BCUT2D eigenvalue weighted by molar-refractivity contribution is -0.141. The molecule has 0 rings (SSSR count). The highest BCUT2D eigenvalue weighted by molar-refractivity contribution is 7.84. The first-order chi connectivity index (χ1) is 7.38. The fraction of sp³-hybridized carbons (Fsp3) is 0.750. The standard InChI is InChI=1S/C8H16N2O4S2/c1-16(14)3-2-5(9)7(11)10-6(4-15)8(12)13/h5-6,15H,2-4,9H2,1H3,(H,10,11)(H,12,13). The van der Waals surface area contributed by atoms with E-state index in [0.29, 0.717) is 5.75 Å². The Morgan fingerprint density at radius 2 is 2.12 bits per heavy atom. The number of aliphatic carboxylic acids is 1. The van der Waals surface area contributed by atoms with Gasteiger partial charge in [-0.05, 0) is 6.42 Å². The molecule has 0 saturated heterocycles. The Morgan fingerprint density at radius 1 is 1.56 bits per heavy atom. The van der Waals surface area contributed by atoms with E-state index in [0.717, 1.165) is 0 Å². The number of hydrogen-bond acceptors (Lipinski definition) is 5. The maximum absolute atomic E-state index is 11.4. The lowest BCUT2D eigenvalue weighted by Gasteiger charge is -2.15. The third-order valence-electron chi connectivity index (χ3n) is 1.85. The van der Waals surface area contributed by atoms with Crippen LogP contribution in [0.25, 0.3) is 0 Å². The number of hydrogen-bond donors (Lipinski definition) is 4. The number of carboxylic acid groups (broad SMARTS) is 1. The number of nitrogens with one attached hydrogen (secondary N) is 1. The highest BCUT2D eigenvalue weighted by Gasteiger charge is 2.21. The van der Waals surface area contributed by atoms with Crippen LogP contribution >= 0.6 is 12.6 Å². The van der Waals surface area contributed by atoms with Gasteiger partial charge in [0.1, 0.15) is 6.04 Å². The summed E-state index contributed by atoms with van der Waals surface area (Å²) in [6, 6.07) is -1.89. The van der Waals surface area contributed by atoms with Gasteiger partial charge in [0.25, 0.3) is 0 Å². The molecule has 16 heavy (non-hydrogen) atoms. The van der Waals surface area contributed by atoms with Crippen molar-refractivity contribution in [2.24, 2.45) is 5.73 Å². The van der Waals surface area contributed by atoms with Crippen molar-refractivity contribution in [3.05, 3.63) is 0 Å². The summed E-state index contributed by atoms with van der Waals surface area (Å²) >= 11 is 3.80. The zero-order valence-corrected chi connectivity index (χ0v) is 10.6. The summed E-state index contributed by atoms with van der Waals surface area (Å²) in [6.07, 6.45) is 1.77. The minimum absolute atomic E-state index is 0.00645. The molecule has 0 aromatic carbocycles. The number of thiol groups is 1. The molecule has 0 heterocycles. The molecule has 1 amide bonds. The third kappa shape index (κ3) is 6.09. The molecule has 6 nitrogen and oxygen atoms in total. The van der Waals surface area contributed by atoms with E-state index in [9.17, 15) is 13.8 Å². The molecule has 3 unspecified atom stereocenters. The summed E-state index contributed by atoms with van der Waals surface area (Å²) in [4.78, 5) is 22.0. The Bertz CT molecular complexity index is 285. The minimum Gasteiger partial charge on any atom is -0.480 e. The highest BCUT2D eigenvalue weighted by Crippen LogP contribution is 1.94. The molecule has 8 heteroatoms. The van der Waals surface area contributed by atoms with Crippen molar-refractivity contribution in [1.29, 1.82) is 0 Å². The van der Waals surface area contributed by atoms with E-state index >= 15 is 0 Å². The van der Waals surface area contributed by atoms with Crippen molar-refractivity contribution in [3.8, 4) is 0 Å². The molecule has 0 spiro atoms. The smallest absolute Gasteiger partial charge is 0.327 e. The van der Waals surface area contributed by atoms with E-state index < -0.39 is 34.8 Å². The number of carboxylic acids is 1. The van der Waals surface area contributed by atoms with Crippen LogP contribution < -0.4 is 11.1 Å². The molecular formula is C8H16N2O4S2. The van der Waals surface area contributed by atoms with Gasteiger partial charge >= 0.3 is 5.97 Å². The van der Waals surface area contributed by atoms with Gasteiger partial charge in [0.05, 0.1) is 6.04 Å². The SMILES string of the molecule is CS(=O)CCC(N)C(=O)NC(CS)C(=O)O. The highest BCUT2D eigenvalue weighted by atomic mass is 32.2. The topological polar surface area (TPSA) is 109 Å². The molecule has 0 saturated carbocycles. The average Bonchev–Trinajstić information content (AvgIpc) is 2.21. The van der Waals surface area contributed by atoms with Crippen LogP contribution in [0, 0.1) is 0 Å². The van der Waals surface area contributed by atoms with Crippen molar-refractivity contribution in [1.82, 2.24) is 5.32 Å².